The van der Waals surface area contributed by atoms with Crippen LogP contribution in [0.15, 0.2) is 47.0 Å². The second-order valence-corrected chi connectivity index (χ2v) is 10.0. The number of hydrogen-bond acceptors (Lipinski definition) is 7. The Morgan fingerprint density at radius 1 is 1.19 bits per heavy atom. The standard InChI is InChI=1S/C22H24FN3O4S/c1-15-3-6-17(11-20(15)23)22-24-21(30-25-22)13-26(18-9-10-31(27,28)14-18)12-16-4-7-19(29-2)8-5-16/h3-8,11,18H,9-10,12-14H2,1-2H3. The summed E-state index contributed by atoms with van der Waals surface area (Å²) in [5.41, 5.74) is 2.09. The summed E-state index contributed by atoms with van der Waals surface area (Å²) in [6.07, 6.45) is 0.558. The number of hydrogen-bond donors (Lipinski definition) is 0. The lowest BCUT2D eigenvalue weighted by Crippen LogP contribution is -2.35. The van der Waals surface area contributed by atoms with Gasteiger partial charge in [0.2, 0.25) is 11.7 Å². The number of ether oxygens (including phenoxy) is 1. The molecule has 164 valence electrons. The average molecular weight is 446 g/mol. The summed E-state index contributed by atoms with van der Waals surface area (Å²) in [4.78, 5) is 6.45. The molecule has 0 N–H and O–H groups in total. The Hall–Kier alpha value is -2.78. The molecule has 0 bridgehead atoms. The fourth-order valence-corrected chi connectivity index (χ4v) is 5.45. The fourth-order valence-electron chi connectivity index (χ4n) is 3.68. The minimum absolute atomic E-state index is 0.104. The first-order chi connectivity index (χ1) is 14.8. The van der Waals surface area contributed by atoms with Gasteiger partial charge in [0.15, 0.2) is 9.84 Å². The molecule has 7 nitrogen and oxygen atoms in total. The SMILES string of the molecule is COc1ccc(CN(Cc2nc(-c3ccc(C)c(F)c3)no2)C2CCS(=O)(=O)C2)cc1. The summed E-state index contributed by atoms with van der Waals surface area (Å²) in [7, 11) is -1.44. The van der Waals surface area contributed by atoms with Gasteiger partial charge in [0.25, 0.3) is 0 Å². The largest absolute Gasteiger partial charge is 0.497 e. The molecule has 0 amide bonds. The van der Waals surface area contributed by atoms with E-state index in [4.69, 9.17) is 9.26 Å². The van der Waals surface area contributed by atoms with Crippen LogP contribution in [0.5, 0.6) is 5.75 Å². The maximum absolute atomic E-state index is 13.9. The number of methoxy groups -OCH3 is 1. The van der Waals surface area contributed by atoms with Gasteiger partial charge in [-0.1, -0.05) is 29.4 Å². The van der Waals surface area contributed by atoms with E-state index < -0.39 is 9.84 Å². The maximum atomic E-state index is 13.9. The van der Waals surface area contributed by atoms with Crippen molar-refractivity contribution in [3.63, 3.8) is 0 Å². The summed E-state index contributed by atoms with van der Waals surface area (Å²) < 4.78 is 48.6. The van der Waals surface area contributed by atoms with Gasteiger partial charge in [-0.05, 0) is 42.7 Å². The van der Waals surface area contributed by atoms with Crippen molar-refractivity contribution in [2.75, 3.05) is 18.6 Å². The molecule has 0 spiro atoms. The Morgan fingerprint density at radius 3 is 2.61 bits per heavy atom. The van der Waals surface area contributed by atoms with Crippen molar-refractivity contribution in [1.82, 2.24) is 15.0 Å². The summed E-state index contributed by atoms with van der Waals surface area (Å²) in [5, 5.41) is 3.98. The van der Waals surface area contributed by atoms with E-state index in [1.54, 1.807) is 26.2 Å². The van der Waals surface area contributed by atoms with Gasteiger partial charge in [0.1, 0.15) is 11.6 Å². The van der Waals surface area contributed by atoms with Gasteiger partial charge >= 0.3 is 0 Å². The lowest BCUT2D eigenvalue weighted by Gasteiger charge is -2.26. The number of nitrogens with zero attached hydrogens (tertiary/aromatic N) is 3. The second kappa shape index (κ2) is 8.76. The Balaban J connectivity index is 1.55. The summed E-state index contributed by atoms with van der Waals surface area (Å²) in [6.45, 7) is 2.52. The maximum Gasteiger partial charge on any atom is 0.241 e. The van der Waals surface area contributed by atoms with Crippen LogP contribution >= 0.6 is 0 Å². The quantitative estimate of drug-likeness (QED) is 0.551. The van der Waals surface area contributed by atoms with E-state index in [1.165, 1.54) is 6.07 Å². The van der Waals surface area contributed by atoms with Gasteiger partial charge in [-0.3, -0.25) is 4.90 Å². The third-order valence-electron chi connectivity index (χ3n) is 5.51. The van der Waals surface area contributed by atoms with Crippen molar-refractivity contribution < 1.29 is 22.1 Å². The summed E-state index contributed by atoms with van der Waals surface area (Å²) >= 11 is 0. The fraction of sp³-hybridized carbons (Fsp3) is 0.364. The zero-order valence-corrected chi connectivity index (χ0v) is 18.2. The molecule has 2 heterocycles. The molecule has 31 heavy (non-hydrogen) atoms. The minimum atomic E-state index is -3.05. The lowest BCUT2D eigenvalue weighted by atomic mass is 10.1. The summed E-state index contributed by atoms with van der Waals surface area (Å²) in [6, 6.07) is 12.3. The molecule has 0 aliphatic carbocycles. The van der Waals surface area contributed by atoms with Gasteiger partial charge in [-0.2, -0.15) is 4.98 Å². The molecule has 1 atom stereocenters. The van der Waals surface area contributed by atoms with E-state index in [0.29, 0.717) is 42.4 Å². The van der Waals surface area contributed by atoms with Crippen LogP contribution in [0.4, 0.5) is 4.39 Å². The third-order valence-corrected chi connectivity index (χ3v) is 7.26. The summed E-state index contributed by atoms with van der Waals surface area (Å²) in [5.74, 6) is 1.36. The zero-order chi connectivity index (χ0) is 22.0. The monoisotopic (exact) mass is 445 g/mol. The highest BCUT2D eigenvalue weighted by molar-refractivity contribution is 7.91. The van der Waals surface area contributed by atoms with Crippen molar-refractivity contribution in [3.05, 3.63) is 65.3 Å². The van der Waals surface area contributed by atoms with E-state index in [0.717, 1.165) is 11.3 Å². The zero-order valence-electron chi connectivity index (χ0n) is 17.4. The Morgan fingerprint density at radius 2 is 1.97 bits per heavy atom. The van der Waals surface area contributed by atoms with Crippen LogP contribution in [0, 0.1) is 12.7 Å². The molecule has 3 aromatic rings. The van der Waals surface area contributed by atoms with Gasteiger partial charge in [-0.15, -0.1) is 0 Å². The van der Waals surface area contributed by atoms with Gasteiger partial charge in [0, 0.05) is 18.2 Å². The molecular weight excluding hydrogens is 421 g/mol. The van der Waals surface area contributed by atoms with Crippen LogP contribution in [0.2, 0.25) is 0 Å². The molecule has 1 fully saturated rings. The molecular formula is C22H24FN3O4S. The van der Waals surface area contributed by atoms with Gasteiger partial charge < -0.3 is 9.26 Å². The number of halogens is 1. The molecule has 4 rings (SSSR count). The molecule has 1 unspecified atom stereocenters. The molecule has 0 radical (unpaired) electrons. The first-order valence-electron chi connectivity index (χ1n) is 9.99. The van der Waals surface area contributed by atoms with Gasteiger partial charge in [0.05, 0.1) is 25.2 Å². The molecule has 9 heteroatoms. The van der Waals surface area contributed by atoms with E-state index in [2.05, 4.69) is 10.1 Å². The third kappa shape index (κ3) is 5.11. The molecule has 1 aliphatic heterocycles. The molecule has 1 aliphatic rings. The molecule has 1 saturated heterocycles. The number of aromatic nitrogens is 2. The van der Waals surface area contributed by atoms with Crippen LogP contribution in [-0.4, -0.2) is 48.1 Å². The lowest BCUT2D eigenvalue weighted by molar-refractivity contribution is 0.169. The number of aryl methyl sites for hydroxylation is 1. The predicted molar refractivity (Wildman–Crippen MR) is 114 cm³/mol. The van der Waals surface area contributed by atoms with Gasteiger partial charge in [-0.25, -0.2) is 12.8 Å². The highest BCUT2D eigenvalue weighted by atomic mass is 32.2. The van der Waals surface area contributed by atoms with E-state index >= 15 is 0 Å². The van der Waals surface area contributed by atoms with E-state index in [1.807, 2.05) is 29.2 Å². The van der Waals surface area contributed by atoms with Crippen LogP contribution in [0.3, 0.4) is 0 Å². The number of sulfone groups is 1. The van der Waals surface area contributed by atoms with Crippen LogP contribution in [-0.2, 0) is 22.9 Å². The Bertz CT molecular complexity index is 1160. The van der Waals surface area contributed by atoms with Crippen molar-refractivity contribution in [2.45, 2.75) is 32.5 Å². The average Bonchev–Trinajstić information content (AvgIpc) is 3.36. The van der Waals surface area contributed by atoms with Crippen molar-refractivity contribution >= 4 is 9.84 Å². The first-order valence-corrected chi connectivity index (χ1v) is 11.8. The highest BCUT2D eigenvalue weighted by Gasteiger charge is 2.33. The minimum Gasteiger partial charge on any atom is -0.497 e. The van der Waals surface area contributed by atoms with E-state index in [-0.39, 0.29) is 23.4 Å². The normalized spacial score (nSPS) is 17.9. The number of rotatable bonds is 7. The topological polar surface area (TPSA) is 85.5 Å². The highest BCUT2D eigenvalue weighted by Crippen LogP contribution is 2.24. The van der Waals surface area contributed by atoms with Crippen LogP contribution in [0.1, 0.15) is 23.4 Å². The molecule has 1 aromatic heterocycles. The number of benzene rings is 2. The predicted octanol–water partition coefficient (Wildman–Crippen LogP) is 3.38. The smallest absolute Gasteiger partial charge is 0.241 e. The second-order valence-electron chi connectivity index (χ2n) is 7.79. The van der Waals surface area contributed by atoms with E-state index in [9.17, 15) is 12.8 Å². The Labute approximate surface area is 180 Å². The van der Waals surface area contributed by atoms with Crippen molar-refractivity contribution in [1.29, 1.82) is 0 Å². The molecule has 0 saturated carbocycles. The van der Waals surface area contributed by atoms with Crippen LogP contribution in [0.25, 0.3) is 11.4 Å². The van der Waals surface area contributed by atoms with Crippen LogP contribution < -0.4 is 4.74 Å². The molecule has 2 aromatic carbocycles. The van der Waals surface area contributed by atoms with Crippen molar-refractivity contribution in [3.8, 4) is 17.1 Å². The van der Waals surface area contributed by atoms with Crippen molar-refractivity contribution in [2.24, 2.45) is 0 Å². The Kier molecular flexibility index (Phi) is 6.06. The first kappa shape index (κ1) is 21.5.